The molecule has 7 heteroatoms. The van der Waals surface area contributed by atoms with Crippen molar-refractivity contribution in [3.05, 3.63) is 40.9 Å². The van der Waals surface area contributed by atoms with Crippen LogP contribution >= 0.6 is 11.6 Å². The Bertz CT molecular complexity index is 639. The fourth-order valence-electron chi connectivity index (χ4n) is 2.75. The lowest BCUT2D eigenvalue weighted by Gasteiger charge is -2.19. The smallest absolute Gasteiger partial charge is 0.141 e. The van der Waals surface area contributed by atoms with Gasteiger partial charge in [-0.3, -0.25) is 4.90 Å². The van der Waals surface area contributed by atoms with E-state index in [9.17, 15) is 4.39 Å². The summed E-state index contributed by atoms with van der Waals surface area (Å²) in [5, 5.41) is 11.8. The number of hydrogen-bond donors (Lipinski definition) is 1. The van der Waals surface area contributed by atoms with E-state index in [-0.39, 0.29) is 5.02 Å². The second-order valence-electron chi connectivity index (χ2n) is 5.74. The average Bonchev–Trinajstić information content (AvgIpc) is 3.13. The van der Waals surface area contributed by atoms with Crippen molar-refractivity contribution in [1.29, 1.82) is 0 Å². The molecule has 1 saturated heterocycles. The Hall–Kier alpha value is -1.50. The van der Waals surface area contributed by atoms with Crippen LogP contribution in [0.25, 0.3) is 5.69 Å². The van der Waals surface area contributed by atoms with Crippen molar-refractivity contribution in [2.45, 2.75) is 25.4 Å². The molecule has 3 rings (SSSR count). The fourth-order valence-corrected chi connectivity index (χ4v) is 2.93. The monoisotopic (exact) mass is 323 g/mol. The maximum Gasteiger partial charge on any atom is 0.141 e. The van der Waals surface area contributed by atoms with Gasteiger partial charge in [0.25, 0.3) is 0 Å². The number of rotatable bonds is 5. The van der Waals surface area contributed by atoms with Crippen molar-refractivity contribution in [1.82, 2.24) is 25.2 Å². The molecule has 0 amide bonds. The molecular weight excluding hydrogens is 305 g/mol. The highest BCUT2D eigenvalue weighted by molar-refractivity contribution is 6.30. The van der Waals surface area contributed by atoms with Crippen molar-refractivity contribution >= 4 is 11.6 Å². The Morgan fingerprint density at radius 2 is 2.36 bits per heavy atom. The summed E-state index contributed by atoms with van der Waals surface area (Å²) in [4.78, 5) is 2.23. The van der Waals surface area contributed by atoms with Crippen molar-refractivity contribution in [3.63, 3.8) is 0 Å². The molecule has 2 aromatic rings. The van der Waals surface area contributed by atoms with E-state index in [1.165, 1.54) is 18.9 Å². The van der Waals surface area contributed by atoms with Crippen molar-refractivity contribution < 1.29 is 4.39 Å². The van der Waals surface area contributed by atoms with Gasteiger partial charge in [0.1, 0.15) is 5.82 Å². The summed E-state index contributed by atoms with van der Waals surface area (Å²) in [6, 6.07) is 5.07. The van der Waals surface area contributed by atoms with Crippen LogP contribution in [0.15, 0.2) is 24.4 Å². The molecule has 0 radical (unpaired) electrons. The number of aromatic nitrogens is 3. The van der Waals surface area contributed by atoms with Gasteiger partial charge >= 0.3 is 0 Å². The standard InChI is InChI=1S/C15H19ClFN5/c1-21(8-11-3-2-6-18-11)9-12-10-22(20-19-12)13-4-5-15(17)14(16)7-13/h4-5,7,10-11,18H,2-3,6,8-9H2,1H3. The second kappa shape index (κ2) is 6.73. The first kappa shape index (κ1) is 15.4. The van der Waals surface area contributed by atoms with Crippen LogP contribution in [-0.4, -0.2) is 46.1 Å². The van der Waals surface area contributed by atoms with E-state index in [0.29, 0.717) is 11.7 Å². The topological polar surface area (TPSA) is 46.0 Å². The first-order chi connectivity index (χ1) is 10.6. The first-order valence-electron chi connectivity index (χ1n) is 7.40. The lowest BCUT2D eigenvalue weighted by Crippen LogP contribution is -2.35. The molecule has 1 N–H and O–H groups in total. The summed E-state index contributed by atoms with van der Waals surface area (Å²) in [6.45, 7) is 2.84. The molecule has 2 heterocycles. The van der Waals surface area contributed by atoms with Gasteiger partial charge in [0.05, 0.1) is 22.6 Å². The summed E-state index contributed by atoms with van der Waals surface area (Å²) in [5.41, 5.74) is 1.58. The molecule has 0 aliphatic carbocycles. The normalized spacial score (nSPS) is 18.3. The molecule has 0 spiro atoms. The number of benzene rings is 1. The highest BCUT2D eigenvalue weighted by atomic mass is 35.5. The Morgan fingerprint density at radius 1 is 1.50 bits per heavy atom. The zero-order valence-electron chi connectivity index (χ0n) is 12.5. The summed E-state index contributed by atoms with van der Waals surface area (Å²) in [6.07, 6.45) is 4.33. The SMILES string of the molecule is CN(Cc1cn(-c2ccc(F)c(Cl)c2)nn1)CC1CCCN1. The summed E-state index contributed by atoms with van der Waals surface area (Å²) in [5.74, 6) is -0.436. The summed E-state index contributed by atoms with van der Waals surface area (Å²) >= 11 is 5.80. The van der Waals surface area contributed by atoms with Crippen LogP contribution in [0.3, 0.4) is 0 Å². The summed E-state index contributed by atoms with van der Waals surface area (Å²) in [7, 11) is 2.08. The number of hydrogen-bond acceptors (Lipinski definition) is 4. The zero-order valence-corrected chi connectivity index (χ0v) is 13.2. The van der Waals surface area contributed by atoms with E-state index < -0.39 is 5.82 Å². The van der Waals surface area contributed by atoms with Gasteiger partial charge in [0, 0.05) is 19.1 Å². The predicted octanol–water partition coefficient (Wildman–Crippen LogP) is 2.24. The zero-order chi connectivity index (χ0) is 15.5. The maximum absolute atomic E-state index is 13.2. The van der Waals surface area contributed by atoms with Gasteiger partial charge in [0.2, 0.25) is 0 Å². The Balaban J connectivity index is 1.64. The minimum atomic E-state index is -0.436. The van der Waals surface area contributed by atoms with Crippen LogP contribution in [-0.2, 0) is 6.54 Å². The lowest BCUT2D eigenvalue weighted by molar-refractivity contribution is 0.290. The maximum atomic E-state index is 13.2. The number of likely N-dealkylation sites (N-methyl/N-ethyl adjacent to an activating group) is 1. The number of halogens is 2. The molecule has 0 bridgehead atoms. The molecule has 118 valence electrons. The van der Waals surface area contributed by atoms with Gasteiger partial charge in [-0.25, -0.2) is 9.07 Å². The molecule has 22 heavy (non-hydrogen) atoms. The Kier molecular flexibility index (Phi) is 4.71. The van der Waals surface area contributed by atoms with Gasteiger partial charge in [-0.15, -0.1) is 5.10 Å². The van der Waals surface area contributed by atoms with Crippen molar-refractivity contribution in [2.75, 3.05) is 20.1 Å². The van der Waals surface area contributed by atoms with Crippen LogP contribution in [0.4, 0.5) is 4.39 Å². The van der Waals surface area contributed by atoms with Gasteiger partial charge in [-0.1, -0.05) is 16.8 Å². The lowest BCUT2D eigenvalue weighted by atomic mass is 10.2. The molecule has 1 aromatic heterocycles. The van der Waals surface area contributed by atoms with Crippen molar-refractivity contribution in [2.24, 2.45) is 0 Å². The largest absolute Gasteiger partial charge is 0.313 e. The van der Waals surface area contributed by atoms with Crippen molar-refractivity contribution in [3.8, 4) is 5.69 Å². The third kappa shape index (κ3) is 3.63. The van der Waals surface area contributed by atoms with E-state index >= 15 is 0 Å². The highest BCUT2D eigenvalue weighted by Gasteiger charge is 2.16. The molecule has 1 aromatic carbocycles. The fraction of sp³-hybridized carbons (Fsp3) is 0.467. The van der Waals surface area contributed by atoms with Crippen LogP contribution in [0, 0.1) is 5.82 Å². The van der Waals surface area contributed by atoms with Gasteiger partial charge in [0.15, 0.2) is 0 Å². The minimum Gasteiger partial charge on any atom is -0.313 e. The van der Waals surface area contributed by atoms with E-state index in [1.807, 2.05) is 6.20 Å². The van der Waals surface area contributed by atoms with Crippen LogP contribution < -0.4 is 5.32 Å². The van der Waals surface area contributed by atoms with Crippen LogP contribution in [0.5, 0.6) is 0 Å². The van der Waals surface area contributed by atoms with Gasteiger partial charge in [-0.05, 0) is 44.6 Å². The Labute approximate surface area is 134 Å². The van der Waals surface area contributed by atoms with E-state index in [0.717, 1.165) is 25.3 Å². The van der Waals surface area contributed by atoms with E-state index in [2.05, 4.69) is 27.6 Å². The van der Waals surface area contributed by atoms with E-state index in [4.69, 9.17) is 11.6 Å². The number of nitrogens with one attached hydrogen (secondary N) is 1. The Morgan fingerprint density at radius 3 is 3.09 bits per heavy atom. The third-order valence-electron chi connectivity index (χ3n) is 3.83. The molecule has 1 aliphatic heterocycles. The predicted molar refractivity (Wildman–Crippen MR) is 83.7 cm³/mol. The quantitative estimate of drug-likeness (QED) is 0.916. The molecule has 5 nitrogen and oxygen atoms in total. The summed E-state index contributed by atoms with van der Waals surface area (Å²) < 4.78 is 14.8. The van der Waals surface area contributed by atoms with Gasteiger partial charge in [-0.2, -0.15) is 0 Å². The second-order valence-corrected chi connectivity index (χ2v) is 6.15. The molecule has 1 unspecified atom stereocenters. The van der Waals surface area contributed by atoms with Crippen LogP contribution in [0.2, 0.25) is 5.02 Å². The number of nitrogens with zero attached hydrogens (tertiary/aromatic N) is 4. The molecular formula is C15H19ClFN5. The molecule has 1 atom stereocenters. The first-order valence-corrected chi connectivity index (χ1v) is 7.78. The van der Waals surface area contributed by atoms with Gasteiger partial charge < -0.3 is 5.32 Å². The minimum absolute atomic E-state index is 0.0824. The molecule has 0 saturated carbocycles. The van der Waals surface area contributed by atoms with Crippen LogP contribution in [0.1, 0.15) is 18.5 Å². The molecule has 1 fully saturated rings. The van der Waals surface area contributed by atoms with E-state index in [1.54, 1.807) is 16.8 Å². The average molecular weight is 324 g/mol. The molecule has 1 aliphatic rings. The third-order valence-corrected chi connectivity index (χ3v) is 4.12. The highest BCUT2D eigenvalue weighted by Crippen LogP contribution is 2.18.